The smallest absolute Gasteiger partial charge is 0.497 e. The summed E-state index contributed by atoms with van der Waals surface area (Å²) in [6, 6.07) is 12.2. The lowest BCUT2D eigenvalue weighted by Crippen LogP contribution is -2.33. The minimum absolute atomic E-state index is 0.0114. The second-order valence-electron chi connectivity index (χ2n) is 6.54. The largest absolute Gasteiger partial charge is 0.534 e. The molecule has 1 atom stereocenters. The second-order valence-corrected chi connectivity index (χ2v) is 9.49. The van der Waals surface area contributed by atoms with Crippen molar-refractivity contribution in [3.05, 3.63) is 58.6 Å². The summed E-state index contributed by atoms with van der Waals surface area (Å²) in [5.74, 6) is -1.44. The SMILES string of the molecule is COc1ccc(S(=O)(=O)CC(OC(=O)ON2C(=O)CCC2=O)c2ccc(Br)cc2)cc1. The highest BCUT2D eigenvalue weighted by atomic mass is 79.9. The van der Waals surface area contributed by atoms with Gasteiger partial charge in [0, 0.05) is 17.3 Å². The Morgan fingerprint density at radius 2 is 1.61 bits per heavy atom. The third-order valence-electron chi connectivity index (χ3n) is 4.44. The molecule has 0 bridgehead atoms. The van der Waals surface area contributed by atoms with Crippen LogP contribution in [0.1, 0.15) is 24.5 Å². The fourth-order valence-electron chi connectivity index (χ4n) is 2.82. The summed E-state index contributed by atoms with van der Waals surface area (Å²) in [5, 5.41) is 0.332. The fraction of sp³-hybridized carbons (Fsp3) is 0.250. The number of rotatable bonds is 7. The van der Waals surface area contributed by atoms with E-state index < -0.39 is 39.7 Å². The Morgan fingerprint density at radius 3 is 2.16 bits per heavy atom. The average Bonchev–Trinajstić information content (AvgIpc) is 3.05. The Kier molecular flexibility index (Phi) is 6.96. The van der Waals surface area contributed by atoms with Gasteiger partial charge in [-0.05, 0) is 42.0 Å². The summed E-state index contributed by atoms with van der Waals surface area (Å²) in [7, 11) is -2.42. The predicted molar refractivity (Wildman–Crippen MR) is 111 cm³/mol. The number of hydrogen-bond acceptors (Lipinski definition) is 8. The topological polar surface area (TPSA) is 116 Å². The molecule has 0 radical (unpaired) electrons. The molecule has 1 unspecified atom stereocenters. The van der Waals surface area contributed by atoms with Gasteiger partial charge >= 0.3 is 6.16 Å². The maximum atomic E-state index is 12.9. The number of sulfone groups is 1. The first-order valence-electron chi connectivity index (χ1n) is 9.06. The van der Waals surface area contributed by atoms with Crippen LogP contribution < -0.4 is 4.74 Å². The van der Waals surface area contributed by atoms with Gasteiger partial charge in [-0.25, -0.2) is 13.2 Å². The third-order valence-corrected chi connectivity index (χ3v) is 6.70. The summed E-state index contributed by atoms with van der Waals surface area (Å²) >= 11 is 3.28. The predicted octanol–water partition coefficient (Wildman–Crippen LogP) is 3.19. The first-order valence-corrected chi connectivity index (χ1v) is 11.5. The molecule has 2 aromatic rings. The molecule has 1 fully saturated rings. The summed E-state index contributed by atoms with van der Waals surface area (Å²) in [6.07, 6.45) is -2.76. The van der Waals surface area contributed by atoms with Crippen molar-refractivity contribution in [2.75, 3.05) is 12.9 Å². The molecule has 1 aliphatic rings. The van der Waals surface area contributed by atoms with Crippen LogP contribution in [0.3, 0.4) is 0 Å². The molecule has 11 heteroatoms. The highest BCUT2D eigenvalue weighted by molar-refractivity contribution is 9.10. The molecule has 3 rings (SSSR count). The number of carbonyl (C=O) groups is 3. The van der Waals surface area contributed by atoms with Crippen LogP contribution in [0, 0.1) is 0 Å². The van der Waals surface area contributed by atoms with Crippen molar-refractivity contribution < 1.29 is 37.1 Å². The van der Waals surface area contributed by atoms with Crippen LogP contribution in [0.5, 0.6) is 5.75 Å². The molecular weight excluding hydrogens is 494 g/mol. The second kappa shape index (κ2) is 9.48. The van der Waals surface area contributed by atoms with Gasteiger partial charge in [0.05, 0.1) is 17.8 Å². The van der Waals surface area contributed by atoms with Gasteiger partial charge in [0.15, 0.2) is 9.84 Å². The number of hydroxylamine groups is 2. The number of carbonyl (C=O) groups excluding carboxylic acids is 3. The molecule has 9 nitrogen and oxygen atoms in total. The molecule has 1 aliphatic heterocycles. The number of halogens is 1. The molecule has 1 saturated heterocycles. The number of amides is 2. The van der Waals surface area contributed by atoms with E-state index in [1.807, 2.05) is 0 Å². The normalized spacial score (nSPS) is 15.0. The van der Waals surface area contributed by atoms with Gasteiger partial charge in [-0.3, -0.25) is 14.4 Å². The van der Waals surface area contributed by atoms with Gasteiger partial charge in [0.25, 0.3) is 11.8 Å². The van der Waals surface area contributed by atoms with Crippen LogP contribution in [0.4, 0.5) is 4.79 Å². The van der Waals surface area contributed by atoms with E-state index in [4.69, 9.17) is 14.3 Å². The van der Waals surface area contributed by atoms with E-state index in [0.29, 0.717) is 16.4 Å². The Hall–Kier alpha value is -2.92. The number of nitrogens with zero attached hydrogens (tertiary/aromatic N) is 1. The molecule has 2 aromatic carbocycles. The van der Waals surface area contributed by atoms with Crippen LogP contribution in [0.15, 0.2) is 57.9 Å². The zero-order valence-electron chi connectivity index (χ0n) is 16.3. The van der Waals surface area contributed by atoms with Gasteiger partial charge < -0.3 is 9.47 Å². The van der Waals surface area contributed by atoms with Gasteiger partial charge in [0.2, 0.25) is 0 Å². The van der Waals surface area contributed by atoms with Crippen LogP contribution in [0.2, 0.25) is 0 Å². The Balaban J connectivity index is 1.82. The van der Waals surface area contributed by atoms with E-state index in [1.54, 1.807) is 24.3 Å². The van der Waals surface area contributed by atoms with E-state index in [2.05, 4.69) is 15.9 Å². The maximum absolute atomic E-state index is 12.9. The van der Waals surface area contributed by atoms with Crippen LogP contribution in [-0.4, -0.2) is 44.3 Å². The summed E-state index contributed by atoms with van der Waals surface area (Å²) in [4.78, 5) is 40.2. The highest BCUT2D eigenvalue weighted by Crippen LogP contribution is 2.27. The number of methoxy groups -OCH3 is 1. The van der Waals surface area contributed by atoms with Crippen molar-refractivity contribution in [2.45, 2.75) is 23.8 Å². The van der Waals surface area contributed by atoms with Gasteiger partial charge in [0.1, 0.15) is 11.9 Å². The lowest BCUT2D eigenvalue weighted by molar-refractivity contribution is -0.178. The van der Waals surface area contributed by atoms with Gasteiger partial charge in [-0.1, -0.05) is 33.1 Å². The lowest BCUT2D eigenvalue weighted by atomic mass is 10.1. The third kappa shape index (κ3) is 5.61. The first kappa shape index (κ1) is 22.8. The first-order chi connectivity index (χ1) is 14.7. The summed E-state index contributed by atoms with van der Waals surface area (Å²) in [5.41, 5.74) is 0.385. The standard InChI is InChI=1S/C20H18BrNO8S/c1-28-15-6-8-16(9-7-15)31(26,27)12-17(13-2-4-14(21)5-3-13)29-20(25)30-22-18(23)10-11-19(22)24/h2-9,17H,10-12H2,1H3. The lowest BCUT2D eigenvalue weighted by Gasteiger charge is -2.20. The molecular formula is C20H18BrNO8S. The average molecular weight is 512 g/mol. The quantitative estimate of drug-likeness (QED) is 0.410. The van der Waals surface area contributed by atoms with Gasteiger partial charge in [-0.15, -0.1) is 0 Å². The number of ether oxygens (including phenoxy) is 2. The van der Waals surface area contributed by atoms with Crippen LogP contribution >= 0.6 is 15.9 Å². The zero-order chi connectivity index (χ0) is 22.6. The van der Waals surface area contributed by atoms with Crippen molar-refractivity contribution in [3.63, 3.8) is 0 Å². The molecule has 0 saturated carbocycles. The number of hydrogen-bond donors (Lipinski definition) is 0. The minimum Gasteiger partial charge on any atom is -0.497 e. The van der Waals surface area contributed by atoms with Crippen molar-refractivity contribution >= 4 is 43.7 Å². The van der Waals surface area contributed by atoms with Crippen LogP contribution in [0.25, 0.3) is 0 Å². The Morgan fingerprint density at radius 1 is 1.03 bits per heavy atom. The molecule has 164 valence electrons. The van der Waals surface area contributed by atoms with Crippen molar-refractivity contribution in [2.24, 2.45) is 0 Å². The van der Waals surface area contributed by atoms with E-state index >= 15 is 0 Å². The summed E-state index contributed by atoms with van der Waals surface area (Å²) in [6.45, 7) is 0. The number of benzene rings is 2. The van der Waals surface area contributed by atoms with Crippen molar-refractivity contribution in [1.29, 1.82) is 0 Å². The van der Waals surface area contributed by atoms with E-state index in [-0.39, 0.29) is 17.7 Å². The Labute approximate surface area is 186 Å². The van der Waals surface area contributed by atoms with E-state index in [0.717, 1.165) is 4.47 Å². The van der Waals surface area contributed by atoms with E-state index in [9.17, 15) is 22.8 Å². The Bertz CT molecular complexity index is 1070. The molecule has 0 spiro atoms. The number of imide groups is 1. The molecule has 31 heavy (non-hydrogen) atoms. The minimum atomic E-state index is -3.88. The molecule has 1 heterocycles. The molecule has 0 aliphatic carbocycles. The molecule has 0 N–H and O–H groups in total. The van der Waals surface area contributed by atoms with Crippen molar-refractivity contribution in [1.82, 2.24) is 5.06 Å². The maximum Gasteiger partial charge on any atom is 0.534 e. The molecule has 0 aromatic heterocycles. The zero-order valence-corrected chi connectivity index (χ0v) is 18.7. The monoisotopic (exact) mass is 511 g/mol. The van der Waals surface area contributed by atoms with E-state index in [1.165, 1.54) is 31.4 Å². The van der Waals surface area contributed by atoms with Gasteiger partial charge in [-0.2, -0.15) is 0 Å². The molecule has 2 amide bonds. The summed E-state index contributed by atoms with van der Waals surface area (Å²) < 4.78 is 36.8. The van der Waals surface area contributed by atoms with Crippen molar-refractivity contribution in [3.8, 4) is 5.75 Å². The highest BCUT2D eigenvalue weighted by Gasteiger charge is 2.35. The van der Waals surface area contributed by atoms with Crippen LogP contribution in [-0.2, 0) is 29.0 Å². The fourth-order valence-corrected chi connectivity index (χ4v) is 4.49.